The van der Waals surface area contributed by atoms with Crippen LogP contribution in [0.3, 0.4) is 0 Å². The van der Waals surface area contributed by atoms with E-state index in [1.54, 1.807) is 6.07 Å². The van der Waals surface area contributed by atoms with Crippen LogP contribution in [-0.4, -0.2) is 35.4 Å². The van der Waals surface area contributed by atoms with E-state index in [-0.39, 0.29) is 18.8 Å². The molecule has 0 bridgehead atoms. The molecular formula is C12H17FN2O2. The molecule has 94 valence electrons. The highest BCUT2D eigenvalue weighted by Gasteiger charge is 2.24. The van der Waals surface area contributed by atoms with Gasteiger partial charge >= 0.3 is 0 Å². The molecule has 0 amide bonds. The Morgan fingerprint density at radius 1 is 1.41 bits per heavy atom. The van der Waals surface area contributed by atoms with Gasteiger partial charge in [0.05, 0.1) is 18.8 Å². The number of anilines is 1. The van der Waals surface area contributed by atoms with Crippen molar-refractivity contribution in [3.63, 3.8) is 0 Å². The Bertz CT molecular complexity index is 390. The first-order valence-corrected chi connectivity index (χ1v) is 5.77. The van der Waals surface area contributed by atoms with Crippen molar-refractivity contribution >= 4 is 5.82 Å². The van der Waals surface area contributed by atoms with Gasteiger partial charge in [0.2, 0.25) is 5.95 Å². The summed E-state index contributed by atoms with van der Waals surface area (Å²) in [6.45, 7) is 5.13. The van der Waals surface area contributed by atoms with E-state index in [1.165, 1.54) is 6.07 Å². The number of hydrogen-bond donors (Lipinski definition) is 1. The smallest absolute Gasteiger partial charge is 0.214 e. The lowest BCUT2D eigenvalue weighted by Gasteiger charge is -2.36. The first-order valence-electron chi connectivity index (χ1n) is 5.77. The number of aliphatic hydroxyl groups is 1. The topological polar surface area (TPSA) is 45.6 Å². The Kier molecular flexibility index (Phi) is 3.59. The number of halogens is 1. The van der Waals surface area contributed by atoms with Crippen LogP contribution in [0.15, 0.2) is 12.1 Å². The molecule has 2 unspecified atom stereocenters. The van der Waals surface area contributed by atoms with Crippen molar-refractivity contribution in [1.82, 2.24) is 4.98 Å². The normalized spacial score (nSPS) is 25.1. The number of morpholine rings is 1. The molecule has 4 nitrogen and oxygen atoms in total. The fraction of sp³-hybridized carbons (Fsp3) is 0.583. The Labute approximate surface area is 100 Å². The molecule has 5 heteroatoms. The fourth-order valence-corrected chi connectivity index (χ4v) is 2.20. The molecule has 1 aromatic rings. The quantitative estimate of drug-likeness (QED) is 0.792. The van der Waals surface area contributed by atoms with Gasteiger partial charge in [0, 0.05) is 18.7 Å². The van der Waals surface area contributed by atoms with Gasteiger partial charge in [-0.2, -0.15) is 4.39 Å². The summed E-state index contributed by atoms with van der Waals surface area (Å²) in [7, 11) is 0. The SMILES string of the molecule is CC1CN(c2nc(F)ccc2CO)CC(C)O1. The van der Waals surface area contributed by atoms with Gasteiger partial charge in [0.15, 0.2) is 0 Å². The number of aliphatic hydroxyl groups excluding tert-OH is 1. The molecule has 1 N–H and O–H groups in total. The molecular weight excluding hydrogens is 223 g/mol. The van der Waals surface area contributed by atoms with E-state index in [9.17, 15) is 9.50 Å². The summed E-state index contributed by atoms with van der Waals surface area (Å²) in [6.07, 6.45) is 0.158. The van der Waals surface area contributed by atoms with Gasteiger partial charge in [-0.15, -0.1) is 0 Å². The molecule has 0 radical (unpaired) electrons. The van der Waals surface area contributed by atoms with Gasteiger partial charge in [0.1, 0.15) is 5.82 Å². The Hall–Kier alpha value is -1.20. The van der Waals surface area contributed by atoms with E-state index in [0.29, 0.717) is 24.5 Å². The number of rotatable bonds is 2. The van der Waals surface area contributed by atoms with Crippen LogP contribution in [0.4, 0.5) is 10.2 Å². The second-order valence-corrected chi connectivity index (χ2v) is 4.44. The van der Waals surface area contributed by atoms with E-state index >= 15 is 0 Å². The molecule has 0 aliphatic carbocycles. The number of nitrogens with zero attached hydrogens (tertiary/aromatic N) is 2. The highest BCUT2D eigenvalue weighted by atomic mass is 19.1. The Morgan fingerprint density at radius 3 is 2.65 bits per heavy atom. The van der Waals surface area contributed by atoms with Crippen molar-refractivity contribution in [2.24, 2.45) is 0 Å². The summed E-state index contributed by atoms with van der Waals surface area (Å²) >= 11 is 0. The molecule has 2 atom stereocenters. The second-order valence-electron chi connectivity index (χ2n) is 4.44. The summed E-state index contributed by atoms with van der Waals surface area (Å²) in [6, 6.07) is 2.84. The van der Waals surface area contributed by atoms with Crippen LogP contribution in [0.25, 0.3) is 0 Å². The number of aromatic nitrogens is 1. The van der Waals surface area contributed by atoms with Crippen molar-refractivity contribution in [1.29, 1.82) is 0 Å². The Morgan fingerprint density at radius 2 is 2.06 bits per heavy atom. The summed E-state index contributed by atoms with van der Waals surface area (Å²) < 4.78 is 18.8. The lowest BCUT2D eigenvalue weighted by molar-refractivity contribution is -0.00561. The zero-order valence-corrected chi connectivity index (χ0v) is 10.1. The van der Waals surface area contributed by atoms with Crippen LogP contribution < -0.4 is 4.90 Å². The third kappa shape index (κ3) is 2.73. The molecule has 0 aromatic carbocycles. The average Bonchev–Trinajstić information content (AvgIpc) is 2.27. The molecule has 1 fully saturated rings. The van der Waals surface area contributed by atoms with Gasteiger partial charge in [0.25, 0.3) is 0 Å². The van der Waals surface area contributed by atoms with Gasteiger partial charge in [-0.3, -0.25) is 0 Å². The van der Waals surface area contributed by atoms with E-state index in [4.69, 9.17) is 4.74 Å². The summed E-state index contributed by atoms with van der Waals surface area (Å²) in [5.41, 5.74) is 0.646. The van der Waals surface area contributed by atoms with Crippen molar-refractivity contribution < 1.29 is 14.2 Å². The maximum Gasteiger partial charge on any atom is 0.214 e. The largest absolute Gasteiger partial charge is 0.392 e. The zero-order chi connectivity index (χ0) is 12.4. The number of ether oxygens (including phenoxy) is 1. The summed E-state index contributed by atoms with van der Waals surface area (Å²) in [5, 5.41) is 9.25. The predicted molar refractivity (Wildman–Crippen MR) is 62.3 cm³/mol. The van der Waals surface area contributed by atoms with Crippen LogP contribution >= 0.6 is 0 Å². The summed E-state index contributed by atoms with van der Waals surface area (Å²) in [4.78, 5) is 5.85. The maximum atomic E-state index is 13.2. The van der Waals surface area contributed by atoms with Gasteiger partial charge in [-0.25, -0.2) is 4.98 Å². The molecule has 2 rings (SSSR count). The zero-order valence-electron chi connectivity index (χ0n) is 10.1. The van der Waals surface area contributed by atoms with Crippen molar-refractivity contribution in [3.8, 4) is 0 Å². The maximum absolute atomic E-state index is 13.2. The highest BCUT2D eigenvalue weighted by Crippen LogP contribution is 2.22. The van der Waals surface area contributed by atoms with E-state index in [2.05, 4.69) is 4.98 Å². The minimum Gasteiger partial charge on any atom is -0.392 e. The number of hydrogen-bond acceptors (Lipinski definition) is 4. The van der Waals surface area contributed by atoms with Gasteiger partial charge in [-0.1, -0.05) is 0 Å². The fourth-order valence-electron chi connectivity index (χ4n) is 2.20. The monoisotopic (exact) mass is 240 g/mol. The molecule has 1 saturated heterocycles. The van der Waals surface area contributed by atoms with Crippen LogP contribution in [0.1, 0.15) is 19.4 Å². The van der Waals surface area contributed by atoms with Crippen LogP contribution in [0.2, 0.25) is 0 Å². The van der Waals surface area contributed by atoms with Gasteiger partial charge < -0.3 is 14.7 Å². The van der Waals surface area contributed by atoms with Crippen LogP contribution in [0.5, 0.6) is 0 Å². The summed E-state index contributed by atoms with van der Waals surface area (Å²) in [5.74, 6) is -0.00139. The van der Waals surface area contributed by atoms with E-state index in [1.807, 2.05) is 18.7 Å². The molecule has 0 saturated carbocycles. The number of pyridine rings is 1. The van der Waals surface area contributed by atoms with E-state index in [0.717, 1.165) is 0 Å². The first kappa shape index (κ1) is 12.3. The third-order valence-electron chi connectivity index (χ3n) is 2.81. The van der Waals surface area contributed by atoms with Crippen molar-refractivity contribution in [3.05, 3.63) is 23.6 Å². The highest BCUT2D eigenvalue weighted by molar-refractivity contribution is 5.47. The molecule has 0 spiro atoms. The molecule has 17 heavy (non-hydrogen) atoms. The third-order valence-corrected chi connectivity index (χ3v) is 2.81. The molecule has 1 aliphatic rings. The van der Waals surface area contributed by atoms with Crippen molar-refractivity contribution in [2.75, 3.05) is 18.0 Å². The first-order chi connectivity index (χ1) is 8.10. The lowest BCUT2D eigenvalue weighted by Crippen LogP contribution is -2.46. The van der Waals surface area contributed by atoms with Crippen LogP contribution in [-0.2, 0) is 11.3 Å². The molecule has 2 heterocycles. The second kappa shape index (κ2) is 4.98. The van der Waals surface area contributed by atoms with Crippen molar-refractivity contribution in [2.45, 2.75) is 32.7 Å². The standard InChI is InChI=1S/C12H17FN2O2/c1-8-5-15(6-9(2)17-8)12-10(7-16)3-4-11(13)14-12/h3-4,8-9,16H,5-7H2,1-2H3. The minimum absolute atomic E-state index is 0.0790. The van der Waals surface area contributed by atoms with Gasteiger partial charge in [-0.05, 0) is 26.0 Å². The molecule has 1 aliphatic heterocycles. The molecule has 1 aromatic heterocycles. The van der Waals surface area contributed by atoms with Crippen LogP contribution in [0, 0.1) is 5.95 Å². The minimum atomic E-state index is -0.524. The average molecular weight is 240 g/mol. The lowest BCUT2D eigenvalue weighted by atomic mass is 10.2. The predicted octanol–water partition coefficient (Wildman–Crippen LogP) is 1.33. The Balaban J connectivity index is 2.28. The van der Waals surface area contributed by atoms with E-state index < -0.39 is 5.95 Å².